The number of hydrazone groups is 1. The van der Waals surface area contributed by atoms with Crippen molar-refractivity contribution in [1.82, 2.24) is 5.43 Å². The first-order valence-corrected chi connectivity index (χ1v) is 7.48. The number of imide groups is 1. The zero-order chi connectivity index (χ0) is 16.6. The summed E-state index contributed by atoms with van der Waals surface area (Å²) in [5, 5.41) is 4.30. The molecule has 2 aliphatic rings. The van der Waals surface area contributed by atoms with Crippen molar-refractivity contribution in [2.75, 3.05) is 18.1 Å². The van der Waals surface area contributed by atoms with E-state index < -0.39 is 23.2 Å². The molecule has 1 atom stereocenters. The van der Waals surface area contributed by atoms with Crippen LogP contribution < -0.4 is 10.3 Å². The molecule has 3 rings (SSSR count). The van der Waals surface area contributed by atoms with Crippen LogP contribution in [0.5, 0.6) is 0 Å². The summed E-state index contributed by atoms with van der Waals surface area (Å²) in [5.74, 6) is -1.59. The lowest BCUT2D eigenvalue weighted by molar-refractivity contribution is -0.136. The number of amides is 2. The third kappa shape index (κ3) is 2.37. The van der Waals surface area contributed by atoms with Gasteiger partial charge < -0.3 is 10.2 Å². The zero-order valence-electron chi connectivity index (χ0n) is 12.3. The van der Waals surface area contributed by atoms with Crippen LogP contribution in [-0.4, -0.2) is 36.6 Å². The van der Waals surface area contributed by atoms with Gasteiger partial charge in [0.25, 0.3) is 0 Å². The van der Waals surface area contributed by atoms with Gasteiger partial charge in [0.15, 0.2) is 5.71 Å². The predicted molar refractivity (Wildman–Crippen MR) is 83.1 cm³/mol. The van der Waals surface area contributed by atoms with Crippen molar-refractivity contribution in [2.45, 2.75) is 13.3 Å². The Bertz CT molecular complexity index is 733. The highest BCUT2D eigenvalue weighted by Crippen LogP contribution is 2.39. The van der Waals surface area contributed by atoms with Crippen molar-refractivity contribution in [2.24, 2.45) is 10.5 Å². The van der Waals surface area contributed by atoms with Crippen LogP contribution in [0.3, 0.4) is 0 Å². The molecule has 0 unspecified atom stereocenters. The number of carbonyl (C=O) groups is 3. The summed E-state index contributed by atoms with van der Waals surface area (Å²) in [6.45, 7) is 1.91. The summed E-state index contributed by atoms with van der Waals surface area (Å²) in [6.07, 6.45) is -0.136. The van der Waals surface area contributed by atoms with Crippen LogP contribution in [0.1, 0.15) is 13.3 Å². The third-order valence-electron chi connectivity index (χ3n) is 3.88. The Hall–Kier alpha value is -2.41. The van der Waals surface area contributed by atoms with Crippen molar-refractivity contribution in [3.8, 4) is 0 Å². The minimum atomic E-state index is -1.31. The monoisotopic (exact) mass is 335 g/mol. The number of ether oxygens (including phenoxy) is 1. The largest absolute Gasteiger partial charge is 0.461 e. The topological polar surface area (TPSA) is 88.1 Å². The van der Waals surface area contributed by atoms with Gasteiger partial charge in [0, 0.05) is 11.4 Å². The van der Waals surface area contributed by atoms with Gasteiger partial charge in [-0.1, -0.05) is 17.7 Å². The number of halogens is 1. The number of rotatable bonds is 3. The molecule has 2 heterocycles. The lowest BCUT2D eigenvalue weighted by Crippen LogP contribution is -2.45. The fourth-order valence-corrected chi connectivity index (χ4v) is 3.01. The van der Waals surface area contributed by atoms with E-state index in [1.807, 2.05) is 0 Å². The maximum Gasteiger partial charge on any atom is 0.355 e. The highest BCUT2D eigenvalue weighted by molar-refractivity contribution is 6.47. The molecule has 0 radical (unpaired) electrons. The van der Waals surface area contributed by atoms with Gasteiger partial charge in [-0.15, -0.1) is 0 Å². The van der Waals surface area contributed by atoms with Crippen LogP contribution >= 0.6 is 11.6 Å². The van der Waals surface area contributed by atoms with E-state index >= 15 is 0 Å². The van der Waals surface area contributed by atoms with Crippen LogP contribution in [0.4, 0.5) is 5.69 Å². The molecule has 0 aromatic heterocycles. The minimum Gasteiger partial charge on any atom is -0.461 e. The van der Waals surface area contributed by atoms with Gasteiger partial charge in [-0.3, -0.25) is 9.59 Å². The third-order valence-corrected chi connectivity index (χ3v) is 4.11. The molecule has 2 amide bonds. The van der Waals surface area contributed by atoms with E-state index in [2.05, 4.69) is 10.5 Å². The molecule has 0 bridgehead atoms. The van der Waals surface area contributed by atoms with Crippen molar-refractivity contribution in [1.29, 1.82) is 0 Å². The molecule has 1 aromatic rings. The summed E-state index contributed by atoms with van der Waals surface area (Å²) in [5.41, 5.74) is 1.65. The second-order valence-corrected chi connectivity index (χ2v) is 5.73. The van der Waals surface area contributed by atoms with Crippen molar-refractivity contribution >= 4 is 40.8 Å². The van der Waals surface area contributed by atoms with Crippen molar-refractivity contribution in [3.05, 3.63) is 29.3 Å². The molecule has 1 N–H and O–H groups in total. The van der Waals surface area contributed by atoms with E-state index in [4.69, 9.17) is 16.3 Å². The van der Waals surface area contributed by atoms with E-state index in [0.29, 0.717) is 10.7 Å². The van der Waals surface area contributed by atoms with E-state index in [1.54, 1.807) is 25.1 Å². The van der Waals surface area contributed by atoms with Crippen LogP contribution in [0.15, 0.2) is 29.4 Å². The normalized spacial score (nSPS) is 23.2. The average molecular weight is 336 g/mol. The standard InChI is InChI=1S/C15H14ClN3O4/c1-2-23-13(21)12-15(8-17-18-12)7-11(20)19(14(15)22)10-5-3-4-9(16)6-10/h3-6,17H,2,7-8H2,1H3/t15-/m1/s1. The number of esters is 1. The molecular formula is C15H14ClN3O4. The van der Waals surface area contributed by atoms with E-state index in [1.165, 1.54) is 6.07 Å². The Kier molecular flexibility index (Phi) is 3.81. The quantitative estimate of drug-likeness (QED) is 0.660. The summed E-state index contributed by atoms with van der Waals surface area (Å²) in [6, 6.07) is 6.44. The molecular weight excluding hydrogens is 322 g/mol. The lowest BCUT2D eigenvalue weighted by Gasteiger charge is -2.21. The molecule has 1 saturated heterocycles. The van der Waals surface area contributed by atoms with Crippen LogP contribution in [-0.2, 0) is 19.1 Å². The van der Waals surface area contributed by atoms with Gasteiger partial charge in [-0.2, -0.15) is 5.10 Å². The van der Waals surface area contributed by atoms with Gasteiger partial charge in [0.2, 0.25) is 11.8 Å². The van der Waals surface area contributed by atoms with Crippen molar-refractivity contribution < 1.29 is 19.1 Å². The van der Waals surface area contributed by atoms with Crippen LogP contribution in [0.25, 0.3) is 0 Å². The molecule has 0 aliphatic carbocycles. The maximum atomic E-state index is 12.9. The predicted octanol–water partition coefficient (Wildman–Crippen LogP) is 1.11. The van der Waals surface area contributed by atoms with E-state index in [0.717, 1.165) is 4.90 Å². The molecule has 1 aromatic carbocycles. The minimum absolute atomic E-state index is 0.0535. The highest BCUT2D eigenvalue weighted by Gasteiger charge is 2.59. The smallest absolute Gasteiger partial charge is 0.355 e. The summed E-state index contributed by atoms with van der Waals surface area (Å²) < 4.78 is 4.94. The Morgan fingerprint density at radius 1 is 1.48 bits per heavy atom. The fourth-order valence-electron chi connectivity index (χ4n) is 2.82. The summed E-state index contributed by atoms with van der Waals surface area (Å²) in [4.78, 5) is 38.4. The van der Waals surface area contributed by atoms with E-state index in [9.17, 15) is 14.4 Å². The molecule has 1 fully saturated rings. The maximum absolute atomic E-state index is 12.9. The number of hydrogen-bond donors (Lipinski definition) is 1. The highest BCUT2D eigenvalue weighted by atomic mass is 35.5. The molecule has 8 heteroatoms. The van der Waals surface area contributed by atoms with Gasteiger partial charge in [-0.25, -0.2) is 9.69 Å². The molecule has 1 spiro atoms. The second kappa shape index (κ2) is 5.66. The number of carbonyl (C=O) groups excluding carboxylic acids is 3. The molecule has 2 aliphatic heterocycles. The number of hydrogen-bond acceptors (Lipinski definition) is 6. The van der Waals surface area contributed by atoms with Gasteiger partial charge in [-0.05, 0) is 25.1 Å². The first kappa shape index (κ1) is 15.5. The zero-order valence-corrected chi connectivity index (χ0v) is 13.1. The lowest BCUT2D eigenvalue weighted by atomic mass is 9.81. The van der Waals surface area contributed by atoms with Crippen LogP contribution in [0.2, 0.25) is 5.02 Å². The molecule has 23 heavy (non-hydrogen) atoms. The number of nitrogens with zero attached hydrogens (tertiary/aromatic N) is 2. The molecule has 0 saturated carbocycles. The number of nitrogens with one attached hydrogen (secondary N) is 1. The van der Waals surface area contributed by atoms with Crippen LogP contribution in [0, 0.1) is 5.41 Å². The Morgan fingerprint density at radius 2 is 2.26 bits per heavy atom. The fraction of sp³-hybridized carbons (Fsp3) is 0.333. The van der Waals surface area contributed by atoms with Crippen molar-refractivity contribution in [3.63, 3.8) is 0 Å². The SMILES string of the molecule is CCOC(=O)C1=NNC[C@]12CC(=O)N(c1cccc(Cl)c1)C2=O. The summed E-state index contributed by atoms with van der Waals surface area (Å²) >= 11 is 5.93. The summed E-state index contributed by atoms with van der Waals surface area (Å²) in [7, 11) is 0. The first-order chi connectivity index (χ1) is 11.0. The second-order valence-electron chi connectivity index (χ2n) is 5.29. The van der Waals surface area contributed by atoms with Gasteiger partial charge in [0.1, 0.15) is 5.41 Å². The Morgan fingerprint density at radius 3 is 2.96 bits per heavy atom. The Labute approximate surface area is 137 Å². The number of anilines is 1. The number of benzene rings is 1. The van der Waals surface area contributed by atoms with Gasteiger partial charge >= 0.3 is 5.97 Å². The molecule has 120 valence electrons. The average Bonchev–Trinajstić information content (AvgIpc) is 3.02. The van der Waals surface area contributed by atoms with Gasteiger partial charge in [0.05, 0.1) is 18.8 Å². The Balaban J connectivity index is 1.98. The van der Waals surface area contributed by atoms with E-state index in [-0.39, 0.29) is 25.3 Å². The first-order valence-electron chi connectivity index (χ1n) is 7.10. The molecule has 7 nitrogen and oxygen atoms in total.